The zero-order chi connectivity index (χ0) is 20.9. The summed E-state index contributed by atoms with van der Waals surface area (Å²) in [5.41, 5.74) is 0.744. The van der Waals surface area contributed by atoms with E-state index in [1.807, 2.05) is 0 Å². The number of terminal acetylenes is 1. The SMILES string of the molecule is C#CCN(Cc1ccc(-c2noc(C(F)(F)F)n2)cc1)C(=O)CCC(F)(F)F. The molecule has 0 saturated heterocycles. The Bertz CT molecular complexity index is 850. The van der Waals surface area contributed by atoms with E-state index >= 15 is 0 Å². The highest BCUT2D eigenvalue weighted by molar-refractivity contribution is 5.76. The molecule has 1 aromatic carbocycles. The number of aromatic nitrogens is 2. The zero-order valence-corrected chi connectivity index (χ0v) is 14.1. The number of halogens is 6. The van der Waals surface area contributed by atoms with Gasteiger partial charge in [0.05, 0.1) is 13.0 Å². The van der Waals surface area contributed by atoms with Crippen molar-refractivity contribution in [1.82, 2.24) is 15.0 Å². The van der Waals surface area contributed by atoms with Crippen molar-refractivity contribution in [2.45, 2.75) is 31.7 Å². The number of rotatable bonds is 6. The molecule has 0 unspecified atom stereocenters. The molecule has 0 N–H and O–H groups in total. The number of benzene rings is 1. The third-order valence-corrected chi connectivity index (χ3v) is 3.51. The maximum absolute atomic E-state index is 12.5. The van der Waals surface area contributed by atoms with Crippen molar-refractivity contribution in [1.29, 1.82) is 0 Å². The van der Waals surface area contributed by atoms with Crippen LogP contribution in [0.5, 0.6) is 0 Å². The average Bonchev–Trinajstić information content (AvgIpc) is 3.10. The van der Waals surface area contributed by atoms with Gasteiger partial charge >= 0.3 is 18.2 Å². The third kappa shape index (κ3) is 6.00. The second-order valence-electron chi connectivity index (χ2n) is 5.69. The summed E-state index contributed by atoms with van der Waals surface area (Å²) in [6.07, 6.45) is -6.06. The third-order valence-electron chi connectivity index (χ3n) is 3.51. The molecule has 0 aliphatic carbocycles. The summed E-state index contributed by atoms with van der Waals surface area (Å²) in [6.45, 7) is -0.237. The number of nitrogens with zero attached hydrogens (tertiary/aromatic N) is 3. The van der Waals surface area contributed by atoms with Gasteiger partial charge in [0.1, 0.15) is 0 Å². The lowest BCUT2D eigenvalue weighted by Crippen LogP contribution is -2.31. The first kappa shape index (κ1) is 21.3. The van der Waals surface area contributed by atoms with Gasteiger partial charge in [-0.05, 0) is 5.56 Å². The second kappa shape index (κ2) is 8.33. The van der Waals surface area contributed by atoms with Gasteiger partial charge in [-0.1, -0.05) is 35.3 Å². The van der Waals surface area contributed by atoms with Crippen LogP contribution in [0.1, 0.15) is 24.3 Å². The van der Waals surface area contributed by atoms with E-state index in [-0.39, 0.29) is 24.5 Å². The highest BCUT2D eigenvalue weighted by Crippen LogP contribution is 2.29. The quantitative estimate of drug-likeness (QED) is 0.537. The van der Waals surface area contributed by atoms with Crippen LogP contribution in [-0.4, -0.2) is 33.7 Å². The van der Waals surface area contributed by atoms with Crippen LogP contribution in [0.25, 0.3) is 11.4 Å². The molecule has 0 radical (unpaired) electrons. The van der Waals surface area contributed by atoms with E-state index in [0.717, 1.165) is 4.90 Å². The van der Waals surface area contributed by atoms with Gasteiger partial charge in [0.25, 0.3) is 0 Å². The fourth-order valence-electron chi connectivity index (χ4n) is 2.18. The lowest BCUT2D eigenvalue weighted by atomic mass is 10.1. The monoisotopic (exact) mass is 405 g/mol. The van der Waals surface area contributed by atoms with E-state index in [9.17, 15) is 31.1 Å². The molecule has 0 atom stereocenters. The molecule has 0 spiro atoms. The van der Waals surface area contributed by atoms with Crippen molar-refractivity contribution >= 4 is 5.91 Å². The van der Waals surface area contributed by atoms with Crippen LogP contribution in [0.15, 0.2) is 28.8 Å². The van der Waals surface area contributed by atoms with Crippen LogP contribution in [0.3, 0.4) is 0 Å². The summed E-state index contributed by atoms with van der Waals surface area (Å²) >= 11 is 0. The summed E-state index contributed by atoms with van der Waals surface area (Å²) in [5.74, 6) is -0.313. The summed E-state index contributed by atoms with van der Waals surface area (Å²) in [6, 6.07) is 5.74. The van der Waals surface area contributed by atoms with E-state index in [1.54, 1.807) is 0 Å². The number of hydrogen-bond donors (Lipinski definition) is 0. The van der Waals surface area contributed by atoms with E-state index in [1.165, 1.54) is 24.3 Å². The van der Waals surface area contributed by atoms with Crippen LogP contribution in [0, 0.1) is 12.3 Å². The van der Waals surface area contributed by atoms with Crippen molar-refractivity contribution < 1.29 is 35.7 Å². The maximum Gasteiger partial charge on any atom is 0.471 e. The fraction of sp³-hybridized carbons (Fsp3) is 0.353. The lowest BCUT2D eigenvalue weighted by molar-refractivity contribution is -0.159. The first-order valence-electron chi connectivity index (χ1n) is 7.78. The first-order chi connectivity index (χ1) is 13.0. The maximum atomic E-state index is 12.5. The molecular weight excluding hydrogens is 392 g/mol. The Hall–Kier alpha value is -3.03. The van der Waals surface area contributed by atoms with Gasteiger partial charge < -0.3 is 9.42 Å². The Labute approximate surface area is 155 Å². The van der Waals surface area contributed by atoms with E-state index in [4.69, 9.17) is 6.42 Å². The Morgan fingerprint density at radius 3 is 2.29 bits per heavy atom. The topological polar surface area (TPSA) is 59.2 Å². The number of hydrogen-bond acceptors (Lipinski definition) is 4. The Morgan fingerprint density at radius 2 is 1.79 bits per heavy atom. The molecular formula is C17H13F6N3O2. The average molecular weight is 405 g/mol. The van der Waals surface area contributed by atoms with Gasteiger partial charge in [0.2, 0.25) is 11.7 Å². The van der Waals surface area contributed by atoms with E-state index in [2.05, 4.69) is 20.6 Å². The van der Waals surface area contributed by atoms with Gasteiger partial charge in [0, 0.05) is 18.5 Å². The summed E-state index contributed by atoms with van der Waals surface area (Å²) in [7, 11) is 0. The Morgan fingerprint density at radius 1 is 1.14 bits per heavy atom. The van der Waals surface area contributed by atoms with Gasteiger partial charge in [-0.2, -0.15) is 31.3 Å². The summed E-state index contributed by atoms with van der Waals surface area (Å²) in [4.78, 5) is 16.3. The molecule has 1 aromatic heterocycles. The van der Waals surface area contributed by atoms with Crippen LogP contribution >= 0.6 is 0 Å². The van der Waals surface area contributed by atoms with Gasteiger partial charge in [-0.25, -0.2) is 0 Å². The molecule has 5 nitrogen and oxygen atoms in total. The molecule has 0 saturated carbocycles. The van der Waals surface area contributed by atoms with Crippen molar-refractivity contribution in [3.63, 3.8) is 0 Å². The lowest BCUT2D eigenvalue weighted by Gasteiger charge is -2.21. The molecule has 28 heavy (non-hydrogen) atoms. The fourth-order valence-corrected chi connectivity index (χ4v) is 2.18. The molecule has 1 amide bonds. The molecule has 0 fully saturated rings. The summed E-state index contributed by atoms with van der Waals surface area (Å²) in [5, 5.41) is 3.24. The molecule has 0 aliphatic rings. The number of carbonyl (C=O) groups is 1. The van der Waals surface area contributed by atoms with Crippen molar-refractivity contribution in [2.75, 3.05) is 6.54 Å². The molecule has 0 bridgehead atoms. The Balaban J connectivity index is 2.07. The smallest absolute Gasteiger partial charge is 0.329 e. The second-order valence-corrected chi connectivity index (χ2v) is 5.69. The molecule has 1 heterocycles. The first-order valence-corrected chi connectivity index (χ1v) is 7.78. The molecule has 2 aromatic rings. The minimum Gasteiger partial charge on any atom is -0.329 e. The Kier molecular flexibility index (Phi) is 6.33. The van der Waals surface area contributed by atoms with Crippen LogP contribution in [-0.2, 0) is 17.5 Å². The molecule has 150 valence electrons. The molecule has 2 rings (SSSR count). The predicted molar refractivity (Wildman–Crippen MR) is 84.3 cm³/mol. The van der Waals surface area contributed by atoms with Crippen molar-refractivity contribution in [3.05, 3.63) is 35.7 Å². The van der Waals surface area contributed by atoms with Crippen molar-refractivity contribution in [2.24, 2.45) is 0 Å². The van der Waals surface area contributed by atoms with Crippen LogP contribution in [0.2, 0.25) is 0 Å². The minimum absolute atomic E-state index is 0.0543. The molecule has 0 aliphatic heterocycles. The van der Waals surface area contributed by atoms with Gasteiger partial charge in [-0.15, -0.1) is 6.42 Å². The van der Waals surface area contributed by atoms with Crippen LogP contribution in [0.4, 0.5) is 26.3 Å². The number of amides is 1. The standard InChI is InChI=1S/C17H13F6N3O2/c1-2-9-26(13(27)7-8-16(18,19)20)10-11-3-5-12(6-4-11)14-24-15(28-25-14)17(21,22)23/h1,3-6H,7-10H2. The largest absolute Gasteiger partial charge is 0.471 e. The molecule has 11 heteroatoms. The van der Waals surface area contributed by atoms with Crippen LogP contribution < -0.4 is 0 Å². The van der Waals surface area contributed by atoms with E-state index in [0.29, 0.717) is 5.56 Å². The summed E-state index contributed by atoms with van der Waals surface area (Å²) < 4.78 is 78.4. The highest BCUT2D eigenvalue weighted by atomic mass is 19.4. The highest BCUT2D eigenvalue weighted by Gasteiger charge is 2.38. The van der Waals surface area contributed by atoms with Crippen molar-refractivity contribution in [3.8, 4) is 23.7 Å². The number of carbonyl (C=O) groups excluding carboxylic acids is 1. The van der Waals surface area contributed by atoms with Gasteiger partial charge in [0.15, 0.2) is 0 Å². The predicted octanol–water partition coefficient (Wildman–Crippen LogP) is 4.06. The number of alkyl halides is 6. The minimum atomic E-state index is -4.77. The zero-order valence-electron chi connectivity index (χ0n) is 14.1. The van der Waals surface area contributed by atoms with E-state index < -0.39 is 37.0 Å². The van der Waals surface area contributed by atoms with Gasteiger partial charge in [-0.3, -0.25) is 4.79 Å². The normalized spacial score (nSPS) is 11.9.